The number of anilines is 2. The number of nitrogens with zero attached hydrogens (tertiary/aromatic N) is 1. The van der Waals surface area contributed by atoms with Crippen molar-refractivity contribution in [2.24, 2.45) is 5.41 Å². The lowest BCUT2D eigenvalue weighted by atomic mass is 9.84. The van der Waals surface area contributed by atoms with Crippen LogP contribution in [0.3, 0.4) is 0 Å². The number of rotatable bonds is 5. The molecule has 0 spiro atoms. The van der Waals surface area contributed by atoms with E-state index in [1.54, 1.807) is 6.07 Å². The van der Waals surface area contributed by atoms with Crippen LogP contribution in [0.4, 0.5) is 20.2 Å². The minimum Gasteiger partial charge on any atom is -0.395 e. The van der Waals surface area contributed by atoms with Crippen molar-refractivity contribution in [1.29, 1.82) is 0 Å². The molecule has 0 bridgehead atoms. The maximum atomic E-state index is 13.5. The third-order valence-electron chi connectivity index (χ3n) is 8.04. The summed E-state index contributed by atoms with van der Waals surface area (Å²) in [6.45, 7) is 11.9. The Bertz CT molecular complexity index is 1280. The number of hydrogen-bond donors (Lipinski definition) is 1. The number of fused-ring (bicyclic) bond motifs is 2. The van der Waals surface area contributed by atoms with Gasteiger partial charge >= 0.3 is 6.29 Å². The topological polar surface area (TPSA) is 69.3 Å². The van der Waals surface area contributed by atoms with E-state index in [2.05, 4.69) is 52.6 Å². The van der Waals surface area contributed by atoms with E-state index in [-0.39, 0.29) is 35.0 Å². The van der Waals surface area contributed by atoms with E-state index in [1.165, 1.54) is 17.7 Å². The van der Waals surface area contributed by atoms with Gasteiger partial charge in [0.2, 0.25) is 5.91 Å². The van der Waals surface area contributed by atoms with Crippen LogP contribution in [0.2, 0.25) is 0 Å². The first-order valence-electron chi connectivity index (χ1n) is 13.2. The van der Waals surface area contributed by atoms with E-state index in [9.17, 15) is 13.6 Å². The molecule has 0 radical (unpaired) electrons. The second kappa shape index (κ2) is 8.29. The molecule has 2 fully saturated rings. The highest BCUT2D eigenvalue weighted by atomic mass is 19.3. The molecule has 1 unspecified atom stereocenters. The first-order chi connectivity index (χ1) is 17.7. The number of benzene rings is 2. The van der Waals surface area contributed by atoms with Crippen molar-refractivity contribution in [3.8, 4) is 11.5 Å². The van der Waals surface area contributed by atoms with Gasteiger partial charge in [-0.05, 0) is 80.0 Å². The first kappa shape index (κ1) is 25.4. The van der Waals surface area contributed by atoms with Gasteiger partial charge in [0.15, 0.2) is 17.3 Å². The largest absolute Gasteiger partial charge is 0.586 e. The highest BCUT2D eigenvalue weighted by Gasteiger charge is 2.53. The summed E-state index contributed by atoms with van der Waals surface area (Å²) in [5.41, 5.74) is 2.97. The normalized spacial score (nSPS) is 25.8. The molecule has 2 aromatic carbocycles. The Hall–Kier alpha value is -2.91. The zero-order chi connectivity index (χ0) is 27.1. The van der Waals surface area contributed by atoms with Crippen LogP contribution in [-0.2, 0) is 26.1 Å². The lowest BCUT2D eigenvalue weighted by Crippen LogP contribution is -2.46. The summed E-state index contributed by atoms with van der Waals surface area (Å²) in [6, 6.07) is 10.9. The molecule has 3 aliphatic heterocycles. The number of ether oxygens (including phenoxy) is 4. The minimum absolute atomic E-state index is 0.0171. The van der Waals surface area contributed by atoms with Gasteiger partial charge in [-0.2, -0.15) is 0 Å². The first-order valence-corrected chi connectivity index (χ1v) is 13.2. The number of alkyl halides is 2. The molecule has 38 heavy (non-hydrogen) atoms. The number of nitrogens with one attached hydrogen (secondary N) is 1. The van der Waals surface area contributed by atoms with Crippen LogP contribution in [0.25, 0.3) is 0 Å². The standard InChI is InChI=1S/C29H34F2N2O5/c1-26(2,3)24-13-17-12-19(7-8-21(17)33(24)15-20-16-35-27(4,5)36-20)32-25(34)28(10-11-28)18-6-9-22-23(14-18)38-29(30,31)37-22/h6-9,12,14,20,24H,10-11,13,15-16H2,1-5H3,(H,32,34)/t20-,24?/m1/s1. The summed E-state index contributed by atoms with van der Waals surface area (Å²) in [4.78, 5) is 15.8. The van der Waals surface area contributed by atoms with Gasteiger partial charge in [0, 0.05) is 24.0 Å². The monoisotopic (exact) mass is 528 g/mol. The van der Waals surface area contributed by atoms with Crippen LogP contribution < -0.4 is 19.7 Å². The van der Waals surface area contributed by atoms with Crippen LogP contribution >= 0.6 is 0 Å². The van der Waals surface area contributed by atoms with E-state index in [0.29, 0.717) is 25.0 Å². The zero-order valence-electron chi connectivity index (χ0n) is 22.4. The van der Waals surface area contributed by atoms with E-state index >= 15 is 0 Å². The Morgan fingerprint density at radius 2 is 1.82 bits per heavy atom. The fourth-order valence-corrected chi connectivity index (χ4v) is 5.93. The van der Waals surface area contributed by atoms with E-state index in [1.807, 2.05) is 19.9 Å². The number of amides is 1. The molecule has 204 valence electrons. The average molecular weight is 529 g/mol. The summed E-state index contributed by atoms with van der Waals surface area (Å²) >= 11 is 0. The summed E-state index contributed by atoms with van der Waals surface area (Å²) < 4.78 is 48.0. The quantitative estimate of drug-likeness (QED) is 0.544. The van der Waals surface area contributed by atoms with Crippen molar-refractivity contribution in [3.63, 3.8) is 0 Å². The zero-order valence-corrected chi connectivity index (χ0v) is 22.4. The molecule has 1 amide bonds. The molecule has 1 N–H and O–H groups in total. The van der Waals surface area contributed by atoms with Crippen molar-refractivity contribution in [1.82, 2.24) is 0 Å². The van der Waals surface area contributed by atoms with Crippen LogP contribution in [-0.4, -0.2) is 43.3 Å². The Labute approximate surface area is 221 Å². The van der Waals surface area contributed by atoms with Gasteiger partial charge in [0.1, 0.15) is 6.10 Å². The van der Waals surface area contributed by atoms with Crippen molar-refractivity contribution >= 4 is 17.3 Å². The minimum atomic E-state index is -3.68. The third-order valence-corrected chi connectivity index (χ3v) is 8.04. The molecule has 1 saturated heterocycles. The summed E-state index contributed by atoms with van der Waals surface area (Å²) in [5, 5.41) is 3.09. The predicted molar refractivity (Wildman–Crippen MR) is 138 cm³/mol. The molecule has 1 aliphatic carbocycles. The summed E-state index contributed by atoms with van der Waals surface area (Å²) in [6.07, 6.45) is -1.56. The molecular formula is C29H34F2N2O5. The second-order valence-corrected chi connectivity index (χ2v) is 12.4. The highest BCUT2D eigenvalue weighted by Crippen LogP contribution is 2.52. The third kappa shape index (κ3) is 4.49. The fraction of sp³-hybridized carbons (Fsp3) is 0.552. The molecule has 3 heterocycles. The van der Waals surface area contributed by atoms with Crippen molar-refractivity contribution in [2.45, 2.75) is 83.5 Å². The van der Waals surface area contributed by atoms with Gasteiger partial charge in [-0.25, -0.2) is 0 Å². The summed E-state index contributed by atoms with van der Waals surface area (Å²) in [7, 11) is 0. The van der Waals surface area contributed by atoms with Gasteiger partial charge in [0.05, 0.1) is 12.0 Å². The van der Waals surface area contributed by atoms with Crippen LogP contribution in [0.15, 0.2) is 36.4 Å². The molecule has 9 heteroatoms. The lowest BCUT2D eigenvalue weighted by Gasteiger charge is -2.38. The van der Waals surface area contributed by atoms with E-state index in [0.717, 1.165) is 24.3 Å². The lowest BCUT2D eigenvalue weighted by molar-refractivity contribution is -0.286. The second-order valence-electron chi connectivity index (χ2n) is 12.4. The molecule has 4 aliphatic rings. The van der Waals surface area contributed by atoms with Crippen LogP contribution in [0, 0.1) is 5.41 Å². The molecule has 7 nitrogen and oxygen atoms in total. The number of halogens is 2. The van der Waals surface area contributed by atoms with Crippen molar-refractivity contribution < 1.29 is 32.5 Å². The SMILES string of the molecule is CC1(C)OC[C@@H](CN2c3ccc(NC(=O)C4(c5ccc6c(c5)OC(F)(F)O6)CC4)cc3CC2C(C)(C)C)O1. The number of hydrogen-bond acceptors (Lipinski definition) is 6. The van der Waals surface area contributed by atoms with Crippen molar-refractivity contribution in [2.75, 3.05) is 23.4 Å². The number of carbonyl (C=O) groups excluding carboxylic acids is 1. The molecule has 6 rings (SSSR count). The van der Waals surface area contributed by atoms with Crippen molar-refractivity contribution in [3.05, 3.63) is 47.5 Å². The van der Waals surface area contributed by atoms with Crippen LogP contribution in [0.1, 0.15) is 58.6 Å². The van der Waals surface area contributed by atoms with Gasteiger partial charge in [-0.3, -0.25) is 4.79 Å². The smallest absolute Gasteiger partial charge is 0.395 e. The van der Waals surface area contributed by atoms with Gasteiger partial charge < -0.3 is 29.2 Å². The fourth-order valence-electron chi connectivity index (χ4n) is 5.93. The Kier molecular flexibility index (Phi) is 5.54. The summed E-state index contributed by atoms with van der Waals surface area (Å²) in [5.74, 6) is -0.790. The molecule has 2 atom stereocenters. The maximum absolute atomic E-state index is 13.5. The molecule has 2 aromatic rings. The highest BCUT2D eigenvalue weighted by molar-refractivity contribution is 6.01. The molecular weight excluding hydrogens is 494 g/mol. The Morgan fingerprint density at radius 3 is 2.47 bits per heavy atom. The van der Waals surface area contributed by atoms with Crippen LogP contribution in [0.5, 0.6) is 11.5 Å². The molecule has 0 aromatic heterocycles. The number of carbonyl (C=O) groups is 1. The van der Waals surface area contributed by atoms with E-state index in [4.69, 9.17) is 9.47 Å². The van der Waals surface area contributed by atoms with Gasteiger partial charge in [-0.1, -0.05) is 26.8 Å². The predicted octanol–water partition coefficient (Wildman–Crippen LogP) is 5.61. The van der Waals surface area contributed by atoms with Gasteiger partial charge in [0.25, 0.3) is 0 Å². The Morgan fingerprint density at radius 1 is 1.08 bits per heavy atom. The average Bonchev–Trinajstić information content (AvgIpc) is 3.32. The van der Waals surface area contributed by atoms with E-state index < -0.39 is 17.5 Å². The Balaban J connectivity index is 1.20. The molecule has 1 saturated carbocycles. The maximum Gasteiger partial charge on any atom is 0.586 e. The van der Waals surface area contributed by atoms with Gasteiger partial charge in [-0.15, -0.1) is 8.78 Å².